The molecule has 0 unspecified atom stereocenters. The monoisotopic (exact) mass is 232 g/mol. The lowest BCUT2D eigenvalue weighted by Crippen LogP contribution is -2.09. The first-order chi connectivity index (χ1) is 7.46. The minimum atomic E-state index is 0.302. The van der Waals surface area contributed by atoms with Gasteiger partial charge in [0, 0.05) is 5.02 Å². The summed E-state index contributed by atoms with van der Waals surface area (Å²) in [4.78, 5) is 0. The van der Waals surface area contributed by atoms with E-state index in [1.54, 1.807) is 0 Å². The van der Waals surface area contributed by atoms with Crippen molar-refractivity contribution in [3.05, 3.63) is 47.0 Å². The highest BCUT2D eigenvalue weighted by atomic mass is 35.5. The van der Waals surface area contributed by atoms with Crippen LogP contribution in [0.5, 0.6) is 0 Å². The molecule has 0 fully saturated rings. The summed E-state index contributed by atoms with van der Waals surface area (Å²) in [5, 5.41) is 3.37. The molecule has 0 aliphatic rings. The van der Waals surface area contributed by atoms with Gasteiger partial charge in [-0.3, -0.25) is 0 Å². The van der Waals surface area contributed by atoms with E-state index in [9.17, 15) is 0 Å². The smallest absolute Gasteiger partial charge is 0.0412 e. The average molecular weight is 233 g/mol. The van der Waals surface area contributed by atoms with Gasteiger partial charge in [0.05, 0.1) is 0 Å². The van der Waals surface area contributed by atoms with Crippen LogP contribution in [0.1, 0.15) is 26.3 Å². The van der Waals surface area contributed by atoms with Crippen molar-refractivity contribution in [2.45, 2.75) is 27.2 Å². The molecule has 0 radical (unpaired) electrons. The van der Waals surface area contributed by atoms with Gasteiger partial charge >= 0.3 is 0 Å². The fourth-order valence-electron chi connectivity index (χ4n) is 2.04. The van der Waals surface area contributed by atoms with Crippen LogP contribution >= 0.6 is 11.6 Å². The quantitative estimate of drug-likeness (QED) is 0.643. The molecule has 0 heterocycles. The summed E-state index contributed by atoms with van der Waals surface area (Å²) >= 11 is 6.06. The normalized spacial score (nSPS) is 12.0. The lowest BCUT2D eigenvalue weighted by atomic mass is 9.86. The molecule has 84 valence electrons. The van der Waals surface area contributed by atoms with Gasteiger partial charge in [0.2, 0.25) is 0 Å². The van der Waals surface area contributed by atoms with Gasteiger partial charge in [0.25, 0.3) is 0 Å². The molecule has 0 aliphatic heterocycles. The first-order valence-electron chi connectivity index (χ1n) is 5.63. The van der Waals surface area contributed by atoms with Crippen LogP contribution in [-0.2, 0) is 6.42 Å². The Morgan fingerprint density at radius 1 is 1.06 bits per heavy atom. The summed E-state index contributed by atoms with van der Waals surface area (Å²) in [7, 11) is 0. The van der Waals surface area contributed by atoms with Crippen molar-refractivity contribution in [3.8, 4) is 0 Å². The van der Waals surface area contributed by atoms with Crippen molar-refractivity contribution in [2.24, 2.45) is 5.41 Å². The molecule has 0 aromatic heterocycles. The molecule has 16 heavy (non-hydrogen) atoms. The molecule has 2 aromatic rings. The minimum absolute atomic E-state index is 0.302. The third-order valence-electron chi connectivity index (χ3n) is 2.66. The third-order valence-corrected chi connectivity index (χ3v) is 2.89. The summed E-state index contributed by atoms with van der Waals surface area (Å²) in [6, 6.07) is 12.6. The van der Waals surface area contributed by atoms with Gasteiger partial charge in [-0.05, 0) is 40.3 Å². The Labute approximate surface area is 102 Å². The summed E-state index contributed by atoms with van der Waals surface area (Å²) < 4.78 is 0. The molecule has 0 saturated heterocycles. The minimum Gasteiger partial charge on any atom is -0.0843 e. The van der Waals surface area contributed by atoms with E-state index in [0.29, 0.717) is 5.41 Å². The molecule has 0 bridgehead atoms. The second-order valence-electron chi connectivity index (χ2n) is 5.52. The molecule has 0 aliphatic carbocycles. The van der Waals surface area contributed by atoms with E-state index >= 15 is 0 Å². The zero-order valence-electron chi connectivity index (χ0n) is 10.0. The van der Waals surface area contributed by atoms with Crippen molar-refractivity contribution in [2.75, 3.05) is 0 Å². The number of rotatable bonds is 1. The number of halogens is 1. The largest absolute Gasteiger partial charge is 0.0843 e. The highest BCUT2D eigenvalue weighted by molar-refractivity contribution is 6.31. The molecule has 0 N–H and O–H groups in total. The second-order valence-corrected chi connectivity index (χ2v) is 5.96. The molecular formula is C15H17Cl. The van der Waals surface area contributed by atoms with Gasteiger partial charge in [-0.15, -0.1) is 0 Å². The molecule has 0 spiro atoms. The molecule has 2 rings (SSSR count). The molecule has 0 atom stereocenters. The highest BCUT2D eigenvalue weighted by Crippen LogP contribution is 2.28. The number of benzene rings is 2. The van der Waals surface area contributed by atoms with Crippen LogP contribution in [0.3, 0.4) is 0 Å². The first-order valence-corrected chi connectivity index (χ1v) is 6.01. The van der Waals surface area contributed by atoms with Gasteiger partial charge in [0.1, 0.15) is 0 Å². The number of hydrogen-bond acceptors (Lipinski definition) is 0. The fraction of sp³-hybridized carbons (Fsp3) is 0.333. The Balaban J connectivity index is 2.56. The van der Waals surface area contributed by atoms with Crippen LogP contribution in [0.4, 0.5) is 0 Å². The van der Waals surface area contributed by atoms with Gasteiger partial charge in [-0.1, -0.05) is 56.6 Å². The van der Waals surface area contributed by atoms with Crippen molar-refractivity contribution in [1.29, 1.82) is 0 Å². The maximum atomic E-state index is 6.06. The first kappa shape index (κ1) is 11.5. The van der Waals surface area contributed by atoms with Crippen molar-refractivity contribution in [3.63, 3.8) is 0 Å². The van der Waals surface area contributed by atoms with Crippen molar-refractivity contribution >= 4 is 22.4 Å². The SMILES string of the molecule is CC(C)(C)Cc1cccc2ccc(Cl)cc12. The van der Waals surface area contributed by atoms with E-state index in [-0.39, 0.29) is 0 Å². The Hall–Kier alpha value is -1.01. The topological polar surface area (TPSA) is 0 Å². The Morgan fingerprint density at radius 3 is 2.50 bits per heavy atom. The lowest BCUT2D eigenvalue weighted by molar-refractivity contribution is 0.412. The van der Waals surface area contributed by atoms with Crippen LogP contribution in [0.15, 0.2) is 36.4 Å². The molecule has 1 heteroatoms. The second kappa shape index (κ2) is 4.10. The summed E-state index contributed by atoms with van der Waals surface area (Å²) in [6.07, 6.45) is 1.07. The van der Waals surface area contributed by atoms with Crippen molar-refractivity contribution < 1.29 is 0 Å². The third kappa shape index (κ3) is 2.56. The number of hydrogen-bond donors (Lipinski definition) is 0. The van der Waals surface area contributed by atoms with E-state index in [2.05, 4.69) is 51.1 Å². The van der Waals surface area contributed by atoms with Gasteiger partial charge in [-0.2, -0.15) is 0 Å². The van der Waals surface area contributed by atoms with Crippen LogP contribution in [0, 0.1) is 5.41 Å². The lowest BCUT2D eigenvalue weighted by Gasteiger charge is -2.19. The van der Waals surface area contributed by atoms with Crippen molar-refractivity contribution in [1.82, 2.24) is 0 Å². The van der Waals surface area contributed by atoms with Crippen LogP contribution < -0.4 is 0 Å². The van der Waals surface area contributed by atoms with E-state index in [0.717, 1.165) is 11.4 Å². The van der Waals surface area contributed by atoms with Gasteiger partial charge in [-0.25, -0.2) is 0 Å². The predicted octanol–water partition coefficient (Wildman–Crippen LogP) is 5.08. The molecule has 2 aromatic carbocycles. The molecule has 0 saturated carbocycles. The maximum Gasteiger partial charge on any atom is 0.0412 e. The Morgan fingerprint density at radius 2 is 1.81 bits per heavy atom. The fourth-order valence-corrected chi connectivity index (χ4v) is 2.21. The zero-order valence-corrected chi connectivity index (χ0v) is 10.8. The zero-order chi connectivity index (χ0) is 11.8. The van der Waals surface area contributed by atoms with E-state index < -0.39 is 0 Å². The summed E-state index contributed by atoms with van der Waals surface area (Å²) in [5.74, 6) is 0. The average Bonchev–Trinajstić information content (AvgIpc) is 2.17. The molecule has 0 amide bonds. The summed E-state index contributed by atoms with van der Waals surface area (Å²) in [6.45, 7) is 6.78. The van der Waals surface area contributed by atoms with Crippen LogP contribution in [-0.4, -0.2) is 0 Å². The Kier molecular flexibility index (Phi) is 2.94. The Bertz CT molecular complexity index is 506. The van der Waals surface area contributed by atoms with E-state index in [1.807, 2.05) is 6.07 Å². The number of fused-ring (bicyclic) bond motifs is 1. The maximum absolute atomic E-state index is 6.06. The molecular weight excluding hydrogens is 216 g/mol. The molecule has 0 nitrogen and oxygen atoms in total. The van der Waals surface area contributed by atoms with E-state index in [1.165, 1.54) is 16.3 Å². The standard InChI is InChI=1S/C15H17Cl/c1-15(2,3)10-12-6-4-5-11-7-8-13(16)9-14(11)12/h4-9H,10H2,1-3H3. The van der Waals surface area contributed by atoms with Gasteiger partial charge < -0.3 is 0 Å². The summed E-state index contributed by atoms with van der Waals surface area (Å²) in [5.41, 5.74) is 1.68. The van der Waals surface area contributed by atoms with E-state index in [4.69, 9.17) is 11.6 Å². The van der Waals surface area contributed by atoms with Crippen LogP contribution in [0.2, 0.25) is 5.02 Å². The van der Waals surface area contributed by atoms with Crippen LogP contribution in [0.25, 0.3) is 10.8 Å². The predicted molar refractivity (Wildman–Crippen MR) is 72.1 cm³/mol. The highest BCUT2D eigenvalue weighted by Gasteiger charge is 2.13. The van der Waals surface area contributed by atoms with Gasteiger partial charge in [0.15, 0.2) is 0 Å².